The second-order valence-corrected chi connectivity index (χ2v) is 69.6. The van der Waals surface area contributed by atoms with Crippen molar-refractivity contribution in [2.75, 3.05) is 0 Å². The quantitative estimate of drug-likeness (QED) is 0.198. The summed E-state index contributed by atoms with van der Waals surface area (Å²) in [4.78, 5) is 0. The van der Waals surface area contributed by atoms with Crippen molar-refractivity contribution >= 4 is 43.7 Å². The number of halogens is 2. The Hall–Kier alpha value is -1.13. The fraction of sp³-hybridized carbons (Fsp3) is 0.143. The van der Waals surface area contributed by atoms with E-state index in [1.807, 2.05) is 0 Å². The Morgan fingerprint density at radius 2 is 0.906 bits per heavy atom. The fourth-order valence-electron chi connectivity index (χ4n) is 5.96. The summed E-state index contributed by atoms with van der Waals surface area (Å²) in [5, 5.41) is 0. The first-order valence-electron chi connectivity index (χ1n) is 10.9. The SMILES string of the molecule is Cl.Cl.[CH3][Hf]([CH3])(=[GeH2])([c]1cccc2c1Cc1ccccc1-2)[c]1cccc2c1Cc1ccccc1-2. The predicted octanol–water partition coefficient (Wildman–Crippen LogP) is 5.96. The molecule has 0 aromatic heterocycles. The molecular formula is C28H28Cl2GeHf. The van der Waals surface area contributed by atoms with Crippen LogP contribution in [-0.2, 0) is 28.2 Å². The molecule has 0 fully saturated rings. The Labute approximate surface area is 209 Å². The second kappa shape index (κ2) is 8.27. The molecule has 4 heteroatoms. The first-order valence-corrected chi connectivity index (χ1v) is 36.4. The standard InChI is InChI=1S/2C13H9.2CH3.2ClH.GeH2.Hf/c2*1-3-7-12-10(5-1)9-11-6-2-4-8-13(11)12;;;;;;/h2*1-5,7-8H,9H2;2*1H3;2*1H;1H2;. The molecule has 6 rings (SSSR count). The number of hydrogen-bond donors (Lipinski definition) is 0. The molecule has 0 aliphatic heterocycles. The van der Waals surface area contributed by atoms with Crippen LogP contribution in [-0.4, -0.2) is 12.2 Å². The number of fused-ring (bicyclic) bond motifs is 6. The van der Waals surface area contributed by atoms with Crippen LogP contribution in [0.2, 0.25) is 9.36 Å². The minimum atomic E-state index is -3.47. The Balaban J connectivity index is 0.00000122. The number of rotatable bonds is 2. The van der Waals surface area contributed by atoms with E-state index in [4.69, 9.17) is 0 Å². The van der Waals surface area contributed by atoms with Crippen LogP contribution in [0.5, 0.6) is 0 Å². The first kappa shape index (κ1) is 24.0. The third-order valence-corrected chi connectivity index (χ3v) is 36.3. The Morgan fingerprint density at radius 3 is 1.34 bits per heavy atom. The molecule has 162 valence electrons. The summed E-state index contributed by atoms with van der Waals surface area (Å²) in [6.07, 6.45) is 2.20. The summed E-state index contributed by atoms with van der Waals surface area (Å²) >= 11 is -2.07. The van der Waals surface area contributed by atoms with Gasteiger partial charge in [0.05, 0.1) is 0 Å². The minimum absolute atomic E-state index is 0. The molecule has 0 unspecified atom stereocenters. The van der Waals surface area contributed by atoms with Gasteiger partial charge in [-0.05, 0) is 0 Å². The van der Waals surface area contributed by atoms with Gasteiger partial charge in [-0.15, -0.1) is 24.8 Å². The van der Waals surface area contributed by atoms with Crippen LogP contribution >= 0.6 is 24.8 Å². The van der Waals surface area contributed by atoms with E-state index in [-0.39, 0.29) is 24.8 Å². The van der Waals surface area contributed by atoms with Gasteiger partial charge in [0.1, 0.15) is 0 Å². The van der Waals surface area contributed by atoms with Crippen molar-refractivity contribution in [2.24, 2.45) is 0 Å². The predicted molar refractivity (Wildman–Crippen MR) is 143 cm³/mol. The van der Waals surface area contributed by atoms with E-state index in [9.17, 15) is 0 Å². The molecule has 0 amide bonds. The van der Waals surface area contributed by atoms with E-state index in [2.05, 4.69) is 94.3 Å². The van der Waals surface area contributed by atoms with Crippen LogP contribution in [0, 0.1) is 0 Å². The van der Waals surface area contributed by atoms with Gasteiger partial charge < -0.3 is 0 Å². The van der Waals surface area contributed by atoms with Crippen LogP contribution in [0.4, 0.5) is 0 Å². The molecule has 2 aliphatic carbocycles. The molecule has 0 radical (unpaired) electrons. The normalized spacial score (nSPS) is 13.2. The number of hydrogen-bond acceptors (Lipinski definition) is 0. The Morgan fingerprint density at radius 1 is 0.531 bits per heavy atom. The van der Waals surface area contributed by atoms with E-state index in [0.717, 1.165) is 12.8 Å². The van der Waals surface area contributed by atoms with Crippen LogP contribution < -0.4 is 6.64 Å². The van der Waals surface area contributed by atoms with Gasteiger partial charge in [0.25, 0.3) is 0 Å². The van der Waals surface area contributed by atoms with Gasteiger partial charge in [-0.2, -0.15) is 0 Å². The van der Waals surface area contributed by atoms with E-state index < -0.39 is 15.4 Å². The zero-order chi connectivity index (χ0) is 20.5. The van der Waals surface area contributed by atoms with Gasteiger partial charge in [0.2, 0.25) is 0 Å². The van der Waals surface area contributed by atoms with Crippen LogP contribution in [0.1, 0.15) is 22.3 Å². The van der Waals surface area contributed by atoms with Crippen LogP contribution in [0.15, 0.2) is 84.9 Å². The molecule has 32 heavy (non-hydrogen) atoms. The molecule has 0 atom stereocenters. The van der Waals surface area contributed by atoms with Crippen molar-refractivity contribution in [3.63, 3.8) is 0 Å². The van der Waals surface area contributed by atoms with Gasteiger partial charge in [0, 0.05) is 0 Å². The Bertz CT molecular complexity index is 1330. The maximum atomic E-state index is 2.70. The summed E-state index contributed by atoms with van der Waals surface area (Å²) in [6.45, 7) is 0. The summed E-state index contributed by atoms with van der Waals surface area (Å²) in [5.41, 5.74) is 12.1. The summed E-state index contributed by atoms with van der Waals surface area (Å²) < 4.78 is 8.86. The molecule has 0 heterocycles. The summed E-state index contributed by atoms with van der Waals surface area (Å²) in [6, 6.07) is 32.3. The van der Waals surface area contributed by atoms with Crippen molar-refractivity contribution in [3.05, 3.63) is 107 Å². The van der Waals surface area contributed by atoms with Gasteiger partial charge in [-0.1, -0.05) is 0 Å². The van der Waals surface area contributed by atoms with E-state index >= 15 is 0 Å². The average Bonchev–Trinajstić information content (AvgIpc) is 3.31. The second-order valence-electron chi connectivity index (χ2n) is 10.0. The number of benzene rings is 4. The van der Waals surface area contributed by atoms with E-state index in [0.29, 0.717) is 0 Å². The average molecular weight is 687 g/mol. The molecule has 0 spiro atoms. The van der Waals surface area contributed by atoms with Crippen molar-refractivity contribution in [2.45, 2.75) is 22.2 Å². The molecule has 0 saturated heterocycles. The molecule has 0 N–H and O–H groups in total. The van der Waals surface area contributed by atoms with Crippen molar-refractivity contribution in [1.82, 2.24) is 0 Å². The topological polar surface area (TPSA) is 0 Å². The molecule has 0 saturated carbocycles. The molecular weight excluding hydrogens is 658 g/mol. The molecule has 4 aromatic carbocycles. The van der Waals surface area contributed by atoms with Crippen molar-refractivity contribution in [1.29, 1.82) is 0 Å². The summed E-state index contributed by atoms with van der Waals surface area (Å²) in [7, 11) is 0. The molecule has 0 nitrogen and oxygen atoms in total. The van der Waals surface area contributed by atoms with Crippen molar-refractivity contribution in [3.8, 4) is 22.3 Å². The van der Waals surface area contributed by atoms with E-state index in [1.165, 1.54) is 45.6 Å². The zero-order valence-corrected chi connectivity index (χ0v) is 26.7. The van der Waals surface area contributed by atoms with Crippen LogP contribution in [0.3, 0.4) is 0 Å². The Kier molecular flexibility index (Phi) is 6.21. The van der Waals surface area contributed by atoms with Gasteiger partial charge in [-0.3, -0.25) is 0 Å². The first-order chi connectivity index (χ1) is 14.4. The third kappa shape index (κ3) is 3.43. The summed E-state index contributed by atoms with van der Waals surface area (Å²) in [5.74, 6) is 0. The monoisotopic (exact) mass is 688 g/mol. The molecule has 0 bridgehead atoms. The maximum absolute atomic E-state index is 3.47. The third-order valence-electron chi connectivity index (χ3n) is 7.43. The van der Waals surface area contributed by atoms with Crippen molar-refractivity contribution < 1.29 is 15.4 Å². The van der Waals surface area contributed by atoms with E-state index in [1.54, 1.807) is 17.8 Å². The zero-order valence-electron chi connectivity index (χ0n) is 18.5. The van der Waals surface area contributed by atoms with Gasteiger partial charge in [0.15, 0.2) is 0 Å². The fourth-order valence-corrected chi connectivity index (χ4v) is 31.5. The van der Waals surface area contributed by atoms with Gasteiger partial charge >= 0.3 is 186 Å². The molecule has 4 aromatic rings. The van der Waals surface area contributed by atoms with Gasteiger partial charge in [-0.25, -0.2) is 0 Å². The van der Waals surface area contributed by atoms with Crippen LogP contribution in [0.25, 0.3) is 22.3 Å². The molecule has 2 aliphatic rings.